The smallest absolute Gasteiger partial charge is 0.342 e. The van der Waals surface area contributed by atoms with E-state index in [9.17, 15) is 14.0 Å². The van der Waals surface area contributed by atoms with Crippen LogP contribution in [-0.2, 0) is 16.0 Å². The Morgan fingerprint density at radius 3 is 2.60 bits per heavy atom. The van der Waals surface area contributed by atoms with E-state index in [4.69, 9.17) is 4.74 Å². The number of aromatic nitrogens is 3. The summed E-state index contributed by atoms with van der Waals surface area (Å²) in [6, 6.07) is 11.5. The number of esters is 1. The Morgan fingerprint density at radius 1 is 1.17 bits per heavy atom. The van der Waals surface area contributed by atoms with Gasteiger partial charge in [0.1, 0.15) is 11.4 Å². The van der Waals surface area contributed by atoms with Crippen LogP contribution in [0.15, 0.2) is 54.9 Å². The Morgan fingerprint density at radius 2 is 1.93 bits per heavy atom. The maximum absolute atomic E-state index is 12.9. The van der Waals surface area contributed by atoms with Gasteiger partial charge in [0.2, 0.25) is 0 Å². The lowest BCUT2D eigenvalue weighted by Crippen LogP contribution is -2.30. The molecule has 3 rings (SSSR count). The van der Waals surface area contributed by atoms with Gasteiger partial charge in [0.15, 0.2) is 12.4 Å². The number of hydrogen-bond acceptors (Lipinski definition) is 5. The van der Waals surface area contributed by atoms with Crippen LogP contribution in [-0.4, -0.2) is 39.8 Å². The summed E-state index contributed by atoms with van der Waals surface area (Å²) in [4.78, 5) is 28.8. The van der Waals surface area contributed by atoms with Gasteiger partial charge in [0.25, 0.3) is 5.91 Å². The van der Waals surface area contributed by atoms with Crippen LogP contribution in [0.2, 0.25) is 0 Å². The van der Waals surface area contributed by atoms with Crippen molar-refractivity contribution in [2.45, 2.75) is 26.2 Å². The first-order valence-corrected chi connectivity index (χ1v) is 9.63. The molecule has 0 spiro atoms. The van der Waals surface area contributed by atoms with E-state index in [-0.39, 0.29) is 11.7 Å². The third-order valence-corrected chi connectivity index (χ3v) is 4.42. The number of halogens is 1. The van der Waals surface area contributed by atoms with Crippen molar-refractivity contribution in [3.05, 3.63) is 77.5 Å². The maximum atomic E-state index is 12.9. The molecule has 2 aromatic heterocycles. The van der Waals surface area contributed by atoms with E-state index in [1.807, 2.05) is 19.9 Å². The molecule has 7 nitrogen and oxygen atoms in total. The zero-order valence-electron chi connectivity index (χ0n) is 16.8. The second-order valence-corrected chi connectivity index (χ2v) is 7.00. The number of pyridine rings is 1. The molecule has 0 fully saturated rings. The molecule has 0 saturated heterocycles. The fourth-order valence-corrected chi connectivity index (χ4v) is 2.99. The number of carbonyl (C=O) groups excluding carboxylic acids is 2. The first kappa shape index (κ1) is 21.2. The fourth-order valence-electron chi connectivity index (χ4n) is 2.99. The highest BCUT2D eigenvalue weighted by molar-refractivity contribution is 5.92. The molecule has 0 aliphatic rings. The molecule has 1 amide bonds. The third kappa shape index (κ3) is 5.28. The number of ether oxygens (including phenoxy) is 1. The van der Waals surface area contributed by atoms with Gasteiger partial charge in [-0.3, -0.25) is 4.79 Å². The molecule has 1 aromatic carbocycles. The summed E-state index contributed by atoms with van der Waals surface area (Å²) >= 11 is 0. The first-order chi connectivity index (χ1) is 14.5. The minimum Gasteiger partial charge on any atom is -0.452 e. The standard InChI is InChI=1S/C22H23FN4O3/c1-15(2)21-18(13-26-27(21)19-5-3-4-11-24-19)22(29)30-14-20(28)25-12-10-16-6-8-17(23)9-7-16/h3-9,11,13,15H,10,12,14H2,1-2H3,(H,25,28). The molecule has 2 heterocycles. The van der Waals surface area contributed by atoms with Gasteiger partial charge < -0.3 is 10.1 Å². The van der Waals surface area contributed by atoms with Gasteiger partial charge in [-0.2, -0.15) is 5.10 Å². The van der Waals surface area contributed by atoms with Gasteiger partial charge in [0.05, 0.1) is 11.9 Å². The summed E-state index contributed by atoms with van der Waals surface area (Å²) in [5.41, 5.74) is 1.86. The van der Waals surface area contributed by atoms with Crippen LogP contribution in [0.4, 0.5) is 4.39 Å². The van der Waals surface area contributed by atoms with E-state index in [0.29, 0.717) is 30.0 Å². The number of benzene rings is 1. The topological polar surface area (TPSA) is 86.1 Å². The Labute approximate surface area is 173 Å². The SMILES string of the molecule is CC(C)c1c(C(=O)OCC(=O)NCCc2ccc(F)cc2)cnn1-c1ccccn1. The minimum atomic E-state index is -0.616. The van der Waals surface area contributed by atoms with Crippen LogP contribution in [0.25, 0.3) is 5.82 Å². The van der Waals surface area contributed by atoms with E-state index < -0.39 is 18.5 Å². The van der Waals surface area contributed by atoms with Gasteiger partial charge in [0, 0.05) is 12.7 Å². The highest BCUT2D eigenvalue weighted by atomic mass is 19.1. The van der Waals surface area contributed by atoms with Gasteiger partial charge in [-0.15, -0.1) is 0 Å². The van der Waals surface area contributed by atoms with E-state index in [0.717, 1.165) is 5.56 Å². The number of nitrogens with one attached hydrogen (secondary N) is 1. The molecule has 156 valence electrons. The maximum Gasteiger partial charge on any atom is 0.342 e. The minimum absolute atomic E-state index is 0.0124. The van der Waals surface area contributed by atoms with Crippen LogP contribution in [0, 0.1) is 5.82 Å². The molecule has 30 heavy (non-hydrogen) atoms. The molecule has 3 aromatic rings. The molecule has 0 aliphatic heterocycles. The number of rotatable bonds is 8. The first-order valence-electron chi connectivity index (χ1n) is 9.63. The normalized spacial score (nSPS) is 10.8. The Hall–Kier alpha value is -3.55. The van der Waals surface area contributed by atoms with Gasteiger partial charge in [-0.1, -0.05) is 32.0 Å². The van der Waals surface area contributed by atoms with Crippen molar-refractivity contribution < 1.29 is 18.7 Å². The fraction of sp³-hybridized carbons (Fsp3) is 0.273. The van der Waals surface area contributed by atoms with Crippen molar-refractivity contribution in [2.24, 2.45) is 0 Å². The molecule has 0 atom stereocenters. The quantitative estimate of drug-likeness (QED) is 0.577. The van der Waals surface area contributed by atoms with Crippen LogP contribution < -0.4 is 5.32 Å². The molecular weight excluding hydrogens is 387 g/mol. The molecule has 0 radical (unpaired) electrons. The van der Waals surface area contributed by atoms with Crippen molar-refractivity contribution in [1.82, 2.24) is 20.1 Å². The Kier molecular flexibility index (Phi) is 6.90. The number of nitrogens with zero attached hydrogens (tertiary/aromatic N) is 3. The lowest BCUT2D eigenvalue weighted by molar-refractivity contribution is -0.124. The average Bonchev–Trinajstić information content (AvgIpc) is 3.20. The van der Waals surface area contributed by atoms with Crippen molar-refractivity contribution in [2.75, 3.05) is 13.2 Å². The summed E-state index contributed by atoms with van der Waals surface area (Å²) in [5, 5.41) is 6.95. The van der Waals surface area contributed by atoms with Crippen molar-refractivity contribution in [3.8, 4) is 5.82 Å². The van der Waals surface area contributed by atoms with E-state index >= 15 is 0 Å². The summed E-state index contributed by atoms with van der Waals surface area (Å²) in [6.07, 6.45) is 3.63. The van der Waals surface area contributed by atoms with Gasteiger partial charge >= 0.3 is 5.97 Å². The summed E-state index contributed by atoms with van der Waals surface area (Å²) in [5.74, 6) is -0.745. The number of carbonyl (C=O) groups is 2. The van der Waals surface area contributed by atoms with Gasteiger partial charge in [-0.05, 0) is 42.2 Å². The largest absolute Gasteiger partial charge is 0.452 e. The summed E-state index contributed by atoms with van der Waals surface area (Å²) in [6.45, 7) is 3.84. The summed E-state index contributed by atoms with van der Waals surface area (Å²) in [7, 11) is 0. The monoisotopic (exact) mass is 410 g/mol. The molecule has 8 heteroatoms. The van der Waals surface area contributed by atoms with E-state index in [1.165, 1.54) is 18.3 Å². The highest BCUT2D eigenvalue weighted by Crippen LogP contribution is 2.22. The third-order valence-electron chi connectivity index (χ3n) is 4.42. The molecule has 0 aliphatic carbocycles. The lowest BCUT2D eigenvalue weighted by Gasteiger charge is -2.12. The van der Waals surface area contributed by atoms with Crippen molar-refractivity contribution >= 4 is 11.9 Å². The second kappa shape index (κ2) is 9.78. The molecule has 0 bridgehead atoms. The predicted molar refractivity (Wildman–Crippen MR) is 109 cm³/mol. The van der Waals surface area contributed by atoms with E-state index in [2.05, 4.69) is 15.4 Å². The zero-order valence-corrected chi connectivity index (χ0v) is 16.8. The van der Waals surface area contributed by atoms with Crippen LogP contribution in [0.5, 0.6) is 0 Å². The Balaban J connectivity index is 1.56. The van der Waals surface area contributed by atoms with E-state index in [1.54, 1.807) is 35.1 Å². The van der Waals surface area contributed by atoms with Crippen LogP contribution >= 0.6 is 0 Å². The van der Waals surface area contributed by atoms with Crippen LogP contribution in [0.1, 0.15) is 41.4 Å². The Bertz CT molecular complexity index is 1000. The van der Waals surface area contributed by atoms with Crippen molar-refractivity contribution in [3.63, 3.8) is 0 Å². The van der Waals surface area contributed by atoms with Crippen LogP contribution in [0.3, 0.4) is 0 Å². The van der Waals surface area contributed by atoms with Crippen molar-refractivity contribution in [1.29, 1.82) is 0 Å². The molecule has 1 N–H and O–H groups in total. The second-order valence-electron chi connectivity index (χ2n) is 7.00. The lowest BCUT2D eigenvalue weighted by atomic mass is 10.1. The van der Waals surface area contributed by atoms with Gasteiger partial charge in [-0.25, -0.2) is 18.9 Å². The molecule has 0 unspecified atom stereocenters. The average molecular weight is 410 g/mol. The number of hydrogen-bond donors (Lipinski definition) is 1. The molecular formula is C22H23FN4O3. The molecule has 0 saturated carbocycles. The summed E-state index contributed by atoms with van der Waals surface area (Å²) < 4.78 is 19.7. The zero-order chi connectivity index (χ0) is 21.5. The number of amides is 1. The predicted octanol–water partition coefficient (Wildman–Crippen LogP) is 3.05. The highest BCUT2D eigenvalue weighted by Gasteiger charge is 2.23.